The topological polar surface area (TPSA) is 138 Å². The maximum atomic E-state index is 13.0. The average Bonchev–Trinajstić information content (AvgIpc) is 3.18. The van der Waals surface area contributed by atoms with E-state index in [9.17, 15) is 13.5 Å². The third-order valence-corrected chi connectivity index (χ3v) is 6.82. The molecule has 3 heterocycles. The van der Waals surface area contributed by atoms with E-state index in [4.69, 9.17) is 14.2 Å². The predicted molar refractivity (Wildman–Crippen MR) is 125 cm³/mol. The highest BCUT2D eigenvalue weighted by molar-refractivity contribution is 7.92. The molecule has 0 aliphatic carbocycles. The number of aryl methyl sites for hydroxylation is 1. The second-order valence-electron chi connectivity index (χ2n) is 8.17. The second-order valence-corrected chi connectivity index (χ2v) is 9.94. The van der Waals surface area contributed by atoms with Gasteiger partial charge < -0.3 is 19.3 Å². The van der Waals surface area contributed by atoms with Gasteiger partial charge in [0.1, 0.15) is 17.2 Å². The number of ether oxygens (including phenoxy) is 3. The number of anilines is 1. The number of methoxy groups -OCH3 is 2. The third-order valence-electron chi connectivity index (χ3n) is 5.55. The van der Waals surface area contributed by atoms with Crippen molar-refractivity contribution in [2.24, 2.45) is 5.92 Å². The SMILES string of the molecule is COc1cccc(OC)c1-n1c(NS(=O)(=O)C[C@@H](O)C2OCC2C)nnc1-c1cncc(C)c1. The van der Waals surface area contributed by atoms with Crippen molar-refractivity contribution in [3.05, 3.63) is 42.2 Å². The maximum absolute atomic E-state index is 13.0. The van der Waals surface area contributed by atoms with E-state index in [-0.39, 0.29) is 11.9 Å². The third kappa shape index (κ3) is 4.69. The number of para-hydroxylation sites is 1. The van der Waals surface area contributed by atoms with Gasteiger partial charge in [0.05, 0.1) is 38.8 Å². The molecule has 0 bridgehead atoms. The molecule has 0 saturated carbocycles. The number of aliphatic hydroxyl groups excluding tert-OH is 1. The van der Waals surface area contributed by atoms with Gasteiger partial charge >= 0.3 is 0 Å². The fourth-order valence-electron chi connectivity index (χ4n) is 3.87. The Kier molecular flexibility index (Phi) is 6.73. The van der Waals surface area contributed by atoms with Crippen molar-refractivity contribution in [3.63, 3.8) is 0 Å². The molecule has 1 saturated heterocycles. The molecule has 0 radical (unpaired) electrons. The molecule has 0 spiro atoms. The van der Waals surface area contributed by atoms with Crippen molar-refractivity contribution < 1.29 is 27.7 Å². The molecule has 1 aliphatic rings. The van der Waals surface area contributed by atoms with Gasteiger partial charge in [0.25, 0.3) is 0 Å². The van der Waals surface area contributed by atoms with Crippen LogP contribution in [0, 0.1) is 12.8 Å². The van der Waals surface area contributed by atoms with Crippen LogP contribution in [-0.2, 0) is 14.8 Å². The summed E-state index contributed by atoms with van der Waals surface area (Å²) in [6, 6.07) is 7.03. The van der Waals surface area contributed by atoms with Crippen LogP contribution < -0.4 is 14.2 Å². The van der Waals surface area contributed by atoms with Crippen LogP contribution in [0.5, 0.6) is 11.5 Å². The fraction of sp³-hybridized carbons (Fsp3) is 0.409. The first-order chi connectivity index (χ1) is 16.2. The van der Waals surface area contributed by atoms with Crippen LogP contribution in [0.3, 0.4) is 0 Å². The number of benzene rings is 1. The van der Waals surface area contributed by atoms with Gasteiger partial charge in [-0.1, -0.05) is 13.0 Å². The van der Waals surface area contributed by atoms with E-state index >= 15 is 0 Å². The number of nitrogens with zero attached hydrogens (tertiary/aromatic N) is 4. The van der Waals surface area contributed by atoms with Gasteiger partial charge in [-0.05, 0) is 30.7 Å². The number of rotatable bonds is 9. The smallest absolute Gasteiger partial charge is 0.243 e. The predicted octanol–water partition coefficient (Wildman–Crippen LogP) is 1.79. The molecule has 11 nitrogen and oxygen atoms in total. The lowest BCUT2D eigenvalue weighted by molar-refractivity contribution is -0.154. The second kappa shape index (κ2) is 9.57. The highest BCUT2D eigenvalue weighted by Gasteiger charge is 2.37. The zero-order valence-corrected chi connectivity index (χ0v) is 20.1. The van der Waals surface area contributed by atoms with Gasteiger partial charge in [0.15, 0.2) is 5.82 Å². The van der Waals surface area contributed by atoms with Gasteiger partial charge in [0.2, 0.25) is 16.0 Å². The fourth-order valence-corrected chi connectivity index (χ4v) is 5.00. The molecular formula is C22H27N5O6S. The monoisotopic (exact) mass is 489 g/mol. The van der Waals surface area contributed by atoms with Crippen molar-refractivity contribution in [3.8, 4) is 28.6 Å². The van der Waals surface area contributed by atoms with Crippen molar-refractivity contribution in [1.29, 1.82) is 0 Å². The quantitative estimate of drug-likeness (QED) is 0.461. The summed E-state index contributed by atoms with van der Waals surface area (Å²) in [5.74, 6) is 0.588. The van der Waals surface area contributed by atoms with E-state index in [1.165, 1.54) is 18.8 Å². The van der Waals surface area contributed by atoms with Crippen molar-refractivity contribution >= 4 is 16.0 Å². The molecule has 3 atom stereocenters. The van der Waals surface area contributed by atoms with E-state index in [0.29, 0.717) is 35.2 Å². The summed E-state index contributed by atoms with van der Waals surface area (Å²) in [5, 5.41) is 18.7. The molecule has 1 aliphatic heterocycles. The summed E-state index contributed by atoms with van der Waals surface area (Å²) in [5.41, 5.74) is 1.91. The molecule has 1 fully saturated rings. The highest BCUT2D eigenvalue weighted by atomic mass is 32.2. The van der Waals surface area contributed by atoms with Crippen LogP contribution in [0.25, 0.3) is 17.1 Å². The minimum Gasteiger partial charge on any atom is -0.494 e. The zero-order chi connectivity index (χ0) is 24.5. The van der Waals surface area contributed by atoms with Crippen LogP contribution in [0.4, 0.5) is 5.95 Å². The van der Waals surface area contributed by atoms with E-state index in [0.717, 1.165) is 5.56 Å². The minimum absolute atomic E-state index is 0.0760. The first-order valence-corrected chi connectivity index (χ1v) is 12.3. The summed E-state index contributed by atoms with van der Waals surface area (Å²) >= 11 is 0. The first-order valence-electron chi connectivity index (χ1n) is 10.6. The van der Waals surface area contributed by atoms with Crippen molar-refractivity contribution in [1.82, 2.24) is 19.7 Å². The van der Waals surface area contributed by atoms with Crippen LogP contribution in [-0.4, -0.2) is 72.1 Å². The summed E-state index contributed by atoms with van der Waals surface area (Å²) in [7, 11) is -1.03. The Morgan fingerprint density at radius 3 is 2.50 bits per heavy atom. The average molecular weight is 490 g/mol. The Morgan fingerprint density at radius 1 is 1.24 bits per heavy atom. The lowest BCUT2D eigenvalue weighted by Gasteiger charge is -2.37. The molecule has 34 heavy (non-hydrogen) atoms. The van der Waals surface area contributed by atoms with Crippen LogP contribution in [0.15, 0.2) is 36.7 Å². The lowest BCUT2D eigenvalue weighted by Crippen LogP contribution is -2.49. The summed E-state index contributed by atoms with van der Waals surface area (Å²) < 4.78 is 46.3. The number of hydrogen-bond acceptors (Lipinski definition) is 9. The van der Waals surface area contributed by atoms with Crippen molar-refractivity contribution in [2.45, 2.75) is 26.1 Å². The molecule has 3 aromatic rings. The van der Waals surface area contributed by atoms with Gasteiger partial charge in [0, 0.05) is 23.9 Å². The molecule has 2 unspecified atom stereocenters. The summed E-state index contributed by atoms with van der Waals surface area (Å²) in [4.78, 5) is 4.22. The lowest BCUT2D eigenvalue weighted by atomic mass is 9.96. The molecule has 2 N–H and O–H groups in total. The van der Waals surface area contributed by atoms with Crippen LogP contribution >= 0.6 is 0 Å². The first kappa shape index (κ1) is 23.9. The Bertz CT molecular complexity index is 1260. The maximum Gasteiger partial charge on any atom is 0.243 e. The van der Waals surface area contributed by atoms with E-state index < -0.39 is 28.0 Å². The number of aromatic nitrogens is 4. The number of sulfonamides is 1. The molecule has 182 valence electrons. The molecular weight excluding hydrogens is 462 g/mol. The van der Waals surface area contributed by atoms with Crippen molar-refractivity contribution in [2.75, 3.05) is 31.3 Å². The Labute approximate surface area is 197 Å². The number of aliphatic hydroxyl groups is 1. The van der Waals surface area contributed by atoms with E-state index in [2.05, 4.69) is 19.9 Å². The Balaban J connectivity index is 1.80. The van der Waals surface area contributed by atoms with Crippen LogP contribution in [0.1, 0.15) is 12.5 Å². The molecule has 4 rings (SSSR count). The zero-order valence-electron chi connectivity index (χ0n) is 19.3. The summed E-state index contributed by atoms with van der Waals surface area (Å²) in [6.45, 7) is 4.27. The highest BCUT2D eigenvalue weighted by Crippen LogP contribution is 2.37. The number of hydrogen-bond donors (Lipinski definition) is 2. The molecule has 0 amide bonds. The largest absolute Gasteiger partial charge is 0.494 e. The Hall–Kier alpha value is -3.22. The standard InChI is InChI=1S/C22H27N5O6S/c1-13-8-15(10-23-9-13)21-24-25-22(26-34(29,30)12-16(28)20-14(2)11-33-20)27(21)19-17(31-3)6-5-7-18(19)32-4/h5-10,14,16,20,28H,11-12H2,1-4H3,(H,25,26)/t14?,16-,20?/m1/s1. The summed E-state index contributed by atoms with van der Waals surface area (Å²) in [6.07, 6.45) is 1.59. The van der Waals surface area contributed by atoms with Gasteiger partial charge in [-0.2, -0.15) is 0 Å². The van der Waals surface area contributed by atoms with Crippen LogP contribution in [0.2, 0.25) is 0 Å². The Morgan fingerprint density at radius 2 is 1.94 bits per heavy atom. The molecule has 1 aromatic carbocycles. The van der Waals surface area contributed by atoms with E-state index in [1.807, 2.05) is 19.9 Å². The van der Waals surface area contributed by atoms with E-state index in [1.54, 1.807) is 30.6 Å². The molecule has 12 heteroatoms. The van der Waals surface area contributed by atoms with Gasteiger partial charge in [-0.25, -0.2) is 8.42 Å². The van der Waals surface area contributed by atoms with Gasteiger partial charge in [-0.3, -0.25) is 14.3 Å². The van der Waals surface area contributed by atoms with Gasteiger partial charge in [-0.15, -0.1) is 10.2 Å². The number of nitrogens with one attached hydrogen (secondary N) is 1. The number of pyridine rings is 1. The minimum atomic E-state index is -4.03. The molecule has 2 aromatic heterocycles. The normalized spacial score (nSPS) is 18.7.